The van der Waals surface area contributed by atoms with Crippen LogP contribution in [0.3, 0.4) is 0 Å². The first-order valence-corrected chi connectivity index (χ1v) is 37.8. The van der Waals surface area contributed by atoms with Crippen LogP contribution in [-0.4, -0.2) is 138 Å². The third-order valence-electron chi connectivity index (χ3n) is 11.3. The quantitative estimate of drug-likeness (QED) is 0.0257. The summed E-state index contributed by atoms with van der Waals surface area (Å²) in [5, 5.41) is 36.7. The van der Waals surface area contributed by atoms with Crippen LogP contribution in [0.25, 0.3) is 0 Å². The second-order valence-corrected chi connectivity index (χ2v) is 30.6. The Morgan fingerprint density at radius 3 is 0.571 bits per heavy atom. The predicted molar refractivity (Wildman–Crippen MR) is 378 cm³/mol. The van der Waals surface area contributed by atoms with Gasteiger partial charge in [-0.3, -0.25) is 0 Å². The minimum atomic E-state index is -6.06. The molecule has 0 bridgehead atoms. The Morgan fingerprint density at radius 1 is 0.268 bits per heavy atom. The van der Waals surface area contributed by atoms with Crippen molar-refractivity contribution in [1.82, 2.24) is 0 Å². The number of hydrogen-bond donors (Lipinski definition) is 4. The van der Waals surface area contributed by atoms with Gasteiger partial charge in [-0.25, -0.2) is 0 Å². The molecule has 0 saturated carbocycles. The first kappa shape index (κ1) is 99.1. The van der Waals surface area contributed by atoms with Crippen LogP contribution in [0.2, 0.25) is 0 Å². The van der Waals surface area contributed by atoms with Crippen LogP contribution in [0, 0.1) is 138 Å². The molecule has 0 heterocycles. The Hall–Kier alpha value is -10.9. The van der Waals surface area contributed by atoms with Crippen LogP contribution in [0.5, 0.6) is 23.0 Å². The van der Waals surface area contributed by atoms with Crippen LogP contribution in [0.1, 0.15) is 5.71 Å². The molecule has 6 rings (SSSR count). The van der Waals surface area contributed by atoms with E-state index < -0.39 is 86.2 Å². The van der Waals surface area contributed by atoms with Gasteiger partial charge in [-0.15, -0.1) is 0 Å². The van der Waals surface area contributed by atoms with E-state index in [0.717, 1.165) is 39.2 Å². The average Bonchev–Trinajstić information content (AvgIpc) is 0.804. The van der Waals surface area contributed by atoms with Crippen LogP contribution >= 0.6 is 11.8 Å². The van der Waals surface area contributed by atoms with Crippen LogP contribution in [0.4, 0.5) is 105 Å². The van der Waals surface area contributed by atoms with Gasteiger partial charge in [0.2, 0.25) is 0 Å². The van der Waals surface area contributed by atoms with Crippen molar-refractivity contribution in [3.8, 4) is 161 Å². The Bertz CT molecular complexity index is 4070. The standard InChI is InChI=1S/C44H44O8S3.4C6H.4C2F6.Ga.4H2/c45-25-29-49-33-1-13-39(14-2-33)54(40-15-3-34(4-16-40)50-30-26-46)43-21-9-37(10-22-43)53-38-11-23-44(24-12-38)55(41-17-5-35(6-18-41)51-31-27-47)42-19-7-36(8-20-42)52-32-28-48;4*1-3-5-6-4-2;4*3-1(4,5)2(6,7)8;;;;;/h1-24,45-48H,25-32H2;4*1H;;;;;;4*1H/q+2;;;;;;;;;-1;;;;. The second kappa shape index (κ2) is 48.7. The van der Waals surface area contributed by atoms with E-state index in [2.05, 4.69) is 210 Å². The molecule has 8 nitrogen and oxygen atoms in total. The minimum absolute atomic E-state index is 0. The van der Waals surface area contributed by atoms with Crippen LogP contribution in [0.15, 0.2) is 185 Å². The number of aliphatic hydroxyl groups excluding tert-OH is 4. The fraction of sp³-hybridized carbons (Fsp3) is 0.211. The fourth-order valence-electron chi connectivity index (χ4n) is 6.65. The number of terminal acetylenes is 4. The predicted octanol–water partition coefficient (Wildman–Crippen LogP) is 17.1. The van der Waals surface area contributed by atoms with Gasteiger partial charge in [-0.1, -0.05) is 11.8 Å². The van der Waals surface area contributed by atoms with E-state index in [9.17, 15) is 105 Å². The molecule has 36 heteroatoms. The van der Waals surface area contributed by atoms with Gasteiger partial charge < -0.3 is 39.4 Å². The van der Waals surface area contributed by atoms with Crippen molar-refractivity contribution >= 4 is 48.6 Å². The van der Waals surface area contributed by atoms with E-state index in [-0.39, 0.29) is 58.6 Å². The van der Waals surface area contributed by atoms with Gasteiger partial charge in [0, 0.05) is 15.5 Å². The van der Waals surface area contributed by atoms with Crippen molar-refractivity contribution in [2.45, 2.75) is 88.6 Å². The zero-order valence-corrected chi connectivity index (χ0v) is 61.0. The first-order valence-electron chi connectivity index (χ1n) is 29.6. The molecule has 0 amide bonds. The van der Waals surface area contributed by atoms with Gasteiger partial charge in [0.15, 0.2) is 29.4 Å². The van der Waals surface area contributed by atoms with Gasteiger partial charge in [0.1, 0.15) is 49.4 Å². The number of aliphatic hydroxyl groups is 4. The Morgan fingerprint density at radius 2 is 0.429 bits per heavy atom. The molecule has 0 aliphatic carbocycles. The molecule has 0 aliphatic heterocycles. The second-order valence-electron chi connectivity index (χ2n) is 19.3. The van der Waals surface area contributed by atoms with Gasteiger partial charge in [-0.2, -0.15) is 105 Å². The third kappa shape index (κ3) is 38.6. The van der Waals surface area contributed by atoms with Crippen molar-refractivity contribution in [2.24, 2.45) is 0 Å². The van der Waals surface area contributed by atoms with Crippen LogP contribution in [-0.2, 0) is 21.8 Å². The number of alkyl halides is 24. The molecule has 0 atom stereocenters. The summed E-state index contributed by atoms with van der Waals surface area (Å²) in [7, 11) is -0.811. The van der Waals surface area contributed by atoms with E-state index >= 15 is 0 Å². The van der Waals surface area contributed by atoms with Gasteiger partial charge >= 0.3 is 203 Å². The van der Waals surface area contributed by atoms with Crippen molar-refractivity contribution in [3.05, 3.63) is 146 Å². The van der Waals surface area contributed by atoms with E-state index in [1.54, 1.807) is 11.8 Å². The zero-order chi connectivity index (χ0) is 84.9. The third-order valence-corrected chi connectivity index (χ3v) is 21.6. The number of halogens is 24. The average molecular weight is 1720 g/mol. The zero-order valence-electron chi connectivity index (χ0n) is 56.1. The molecule has 0 aromatic heterocycles. The normalized spacial score (nSPS) is 10.7. The monoisotopic (exact) mass is 1720 g/mol. The topological polar surface area (TPSA) is 118 Å². The van der Waals surface area contributed by atoms with E-state index in [1.165, 1.54) is 0 Å². The summed E-state index contributed by atoms with van der Waals surface area (Å²) in [5.41, 5.74) is 0. The van der Waals surface area contributed by atoms with E-state index in [0.29, 0.717) is 23.0 Å². The first-order chi connectivity index (χ1) is 52.3. The smallest absolute Gasteiger partial charge is 0.487 e. The summed E-state index contributed by atoms with van der Waals surface area (Å²) in [6.07, 6.45) is -28.3. The maximum atomic E-state index is 10.4. The summed E-state index contributed by atoms with van der Waals surface area (Å²) < 4.78 is 285. The Labute approximate surface area is 644 Å². The van der Waals surface area contributed by atoms with Crippen molar-refractivity contribution in [3.63, 3.8) is 0 Å². The minimum Gasteiger partial charge on any atom is -0.491 e. The van der Waals surface area contributed by atoms with E-state index in [4.69, 9.17) is 65.1 Å². The largest absolute Gasteiger partial charge is 0.491 e. The fourth-order valence-corrected chi connectivity index (χ4v) is 14.9. The Kier molecular flexibility index (Phi) is 43.1. The maximum Gasteiger partial charge on any atom is 0.487 e. The molecule has 0 saturated heterocycles. The molecular weight excluding hydrogens is 1660 g/mol. The summed E-state index contributed by atoms with van der Waals surface area (Å²) in [4.78, 5) is 9.10. The SMILES string of the molecule is C#CC#CC#[C][Ga-]([C]#CC#CC#C)([C]#CC#CC#C)[C]#CC#CC#C.FC(F)(F)C(F)(F)F.FC(F)(F)C(F)(F)F.FC(F)(F)C(F)(F)F.FC(F)(F)C(F)(F)F.OCCOc1ccc([S+](c2ccc(OCCO)cc2)c2ccc(Sc3ccc([S+](c4ccc(OCCO)cc4)c4ccc(OCCO)cc4)cc3)cc2)cc1.[HH].[HH].[HH].[HH]. The Balaban J connectivity index is -0.000000844. The van der Waals surface area contributed by atoms with Crippen molar-refractivity contribution in [1.29, 1.82) is 0 Å². The number of rotatable bonds is 20. The molecule has 0 fully saturated rings. The molecule has 596 valence electrons. The molecule has 0 aliphatic rings. The van der Waals surface area contributed by atoms with E-state index in [1.807, 2.05) is 48.5 Å². The molecule has 0 radical (unpaired) electrons. The van der Waals surface area contributed by atoms with Gasteiger partial charge in [-0.05, 0) is 146 Å². The summed E-state index contributed by atoms with van der Waals surface area (Å²) in [6.45, 7) is 0.825. The van der Waals surface area contributed by atoms with Gasteiger partial charge in [0.25, 0.3) is 0 Å². The molecule has 0 unspecified atom stereocenters. The molecule has 112 heavy (non-hydrogen) atoms. The van der Waals surface area contributed by atoms with Crippen LogP contribution < -0.4 is 18.9 Å². The van der Waals surface area contributed by atoms with Crippen molar-refractivity contribution < 1.29 is 150 Å². The molecule has 6 aromatic carbocycles. The summed E-state index contributed by atoms with van der Waals surface area (Å²) in [5.74, 6) is 41.4. The maximum absolute atomic E-state index is 10.4. The number of hydrogen-bond acceptors (Lipinski definition) is 9. The summed E-state index contributed by atoms with van der Waals surface area (Å²) >= 11 is -2.20. The number of ether oxygens (including phenoxy) is 4. The van der Waals surface area contributed by atoms with Gasteiger partial charge in [0.05, 0.1) is 48.2 Å². The summed E-state index contributed by atoms with van der Waals surface area (Å²) in [6, 6.07) is 49.5. The molecular formula is C76H56F24GaO8S3+. The number of benzene rings is 6. The van der Waals surface area contributed by atoms with Crippen molar-refractivity contribution in [2.75, 3.05) is 52.9 Å². The molecule has 4 N–H and O–H groups in total. The molecule has 6 aromatic rings. The molecule has 0 spiro atoms.